The zero-order chi connectivity index (χ0) is 17.7. The van der Waals surface area contributed by atoms with Crippen LogP contribution in [-0.2, 0) is 4.79 Å². The maximum atomic E-state index is 13.6. The highest BCUT2D eigenvalue weighted by atomic mass is 19.1. The lowest BCUT2D eigenvalue weighted by atomic mass is 10.2. The normalized spacial score (nSPS) is 11.7. The van der Waals surface area contributed by atoms with Gasteiger partial charge < -0.3 is 14.8 Å². The Morgan fingerprint density at radius 3 is 2.46 bits per heavy atom. The second-order valence-corrected chi connectivity index (χ2v) is 5.16. The molecular formula is C17H20FN3O3. The number of aryl methyl sites for hydroxylation is 2. The van der Waals surface area contributed by atoms with Gasteiger partial charge >= 0.3 is 6.01 Å². The standard InChI is InChI=1S/C17H20FN3O3/c1-5-23-17-19-10(2)15(11(3)20-17)21-16(22)12(4)24-14-9-7-6-8-13(14)18/h6-9,12H,5H2,1-4H3,(H,21,22). The van der Waals surface area contributed by atoms with E-state index in [0.29, 0.717) is 23.7 Å². The fraction of sp³-hybridized carbons (Fsp3) is 0.353. The largest absolute Gasteiger partial charge is 0.478 e. The van der Waals surface area contributed by atoms with Crippen LogP contribution in [0.15, 0.2) is 24.3 Å². The van der Waals surface area contributed by atoms with E-state index in [2.05, 4.69) is 15.3 Å². The van der Waals surface area contributed by atoms with Crippen LogP contribution in [0.3, 0.4) is 0 Å². The number of benzene rings is 1. The van der Waals surface area contributed by atoms with Gasteiger partial charge in [-0.25, -0.2) is 4.39 Å². The fourth-order valence-corrected chi connectivity index (χ4v) is 2.07. The van der Waals surface area contributed by atoms with Gasteiger partial charge in [0, 0.05) is 0 Å². The van der Waals surface area contributed by atoms with E-state index in [1.54, 1.807) is 32.9 Å². The Morgan fingerprint density at radius 2 is 1.88 bits per heavy atom. The Balaban J connectivity index is 2.10. The quantitative estimate of drug-likeness (QED) is 0.879. The first-order valence-electron chi connectivity index (χ1n) is 7.62. The molecule has 1 aromatic heterocycles. The average molecular weight is 333 g/mol. The molecule has 0 radical (unpaired) electrons. The van der Waals surface area contributed by atoms with E-state index in [1.165, 1.54) is 12.1 Å². The molecule has 1 amide bonds. The number of rotatable bonds is 6. The van der Waals surface area contributed by atoms with Gasteiger partial charge in [0.1, 0.15) is 0 Å². The summed E-state index contributed by atoms with van der Waals surface area (Å²) in [6.07, 6.45) is -0.882. The number of para-hydroxylation sites is 1. The topological polar surface area (TPSA) is 73.3 Å². The maximum absolute atomic E-state index is 13.6. The van der Waals surface area contributed by atoms with E-state index in [4.69, 9.17) is 9.47 Å². The van der Waals surface area contributed by atoms with Crippen LogP contribution in [0, 0.1) is 19.7 Å². The lowest BCUT2D eigenvalue weighted by Crippen LogP contribution is -2.31. The minimum Gasteiger partial charge on any atom is -0.478 e. The fourth-order valence-electron chi connectivity index (χ4n) is 2.07. The van der Waals surface area contributed by atoms with Gasteiger partial charge in [0.15, 0.2) is 17.7 Å². The van der Waals surface area contributed by atoms with Gasteiger partial charge in [0.2, 0.25) is 0 Å². The number of hydrogen-bond donors (Lipinski definition) is 1. The van der Waals surface area contributed by atoms with Crippen LogP contribution >= 0.6 is 0 Å². The Morgan fingerprint density at radius 1 is 1.25 bits per heavy atom. The molecule has 0 aliphatic heterocycles. The molecule has 1 atom stereocenters. The van der Waals surface area contributed by atoms with Crippen molar-refractivity contribution >= 4 is 11.6 Å². The number of halogens is 1. The molecule has 0 aliphatic rings. The second kappa shape index (κ2) is 7.72. The number of anilines is 1. The van der Waals surface area contributed by atoms with Gasteiger partial charge in [-0.1, -0.05) is 12.1 Å². The first-order chi connectivity index (χ1) is 11.4. The van der Waals surface area contributed by atoms with E-state index < -0.39 is 17.8 Å². The van der Waals surface area contributed by atoms with Crippen LogP contribution in [0.4, 0.5) is 10.1 Å². The van der Waals surface area contributed by atoms with Crippen LogP contribution in [0.25, 0.3) is 0 Å². The third-order valence-electron chi connectivity index (χ3n) is 3.28. The first kappa shape index (κ1) is 17.7. The van der Waals surface area contributed by atoms with Crippen molar-refractivity contribution in [3.63, 3.8) is 0 Å². The Labute approximate surface area is 140 Å². The maximum Gasteiger partial charge on any atom is 0.316 e. The van der Waals surface area contributed by atoms with Gasteiger partial charge in [-0.15, -0.1) is 0 Å². The van der Waals surface area contributed by atoms with Crippen LogP contribution < -0.4 is 14.8 Å². The molecule has 128 valence electrons. The Kier molecular flexibility index (Phi) is 5.68. The monoisotopic (exact) mass is 333 g/mol. The number of aromatic nitrogens is 2. The highest BCUT2D eigenvalue weighted by Gasteiger charge is 2.19. The van der Waals surface area contributed by atoms with Gasteiger partial charge in [-0.3, -0.25) is 4.79 Å². The molecule has 0 aliphatic carbocycles. The lowest BCUT2D eigenvalue weighted by molar-refractivity contribution is -0.122. The van der Waals surface area contributed by atoms with Crippen molar-refractivity contribution < 1.29 is 18.7 Å². The van der Waals surface area contributed by atoms with E-state index in [1.807, 2.05) is 6.92 Å². The van der Waals surface area contributed by atoms with Crippen molar-refractivity contribution in [2.45, 2.75) is 33.8 Å². The molecule has 0 bridgehead atoms. The molecule has 7 heteroatoms. The molecule has 1 unspecified atom stereocenters. The minimum absolute atomic E-state index is 0.0246. The molecular weight excluding hydrogens is 313 g/mol. The van der Waals surface area contributed by atoms with Gasteiger partial charge in [-0.05, 0) is 39.8 Å². The van der Waals surface area contributed by atoms with Crippen molar-refractivity contribution in [3.8, 4) is 11.8 Å². The molecule has 1 heterocycles. The Hall–Kier alpha value is -2.70. The third kappa shape index (κ3) is 4.18. The molecule has 1 aromatic carbocycles. The Bertz CT molecular complexity index is 714. The van der Waals surface area contributed by atoms with E-state index >= 15 is 0 Å². The van der Waals surface area contributed by atoms with Crippen molar-refractivity contribution in [3.05, 3.63) is 41.5 Å². The van der Waals surface area contributed by atoms with Gasteiger partial charge in [0.25, 0.3) is 5.91 Å². The zero-order valence-electron chi connectivity index (χ0n) is 14.1. The summed E-state index contributed by atoms with van der Waals surface area (Å²) in [5.41, 5.74) is 1.65. The van der Waals surface area contributed by atoms with Gasteiger partial charge in [-0.2, -0.15) is 9.97 Å². The highest BCUT2D eigenvalue weighted by molar-refractivity contribution is 5.95. The summed E-state index contributed by atoms with van der Waals surface area (Å²) in [5, 5.41) is 2.72. The summed E-state index contributed by atoms with van der Waals surface area (Å²) in [6, 6.07) is 6.19. The van der Waals surface area contributed by atoms with E-state index in [-0.39, 0.29) is 11.8 Å². The number of carbonyl (C=O) groups excluding carboxylic acids is 1. The summed E-state index contributed by atoms with van der Waals surface area (Å²) in [5.74, 6) is -0.914. The molecule has 0 saturated heterocycles. The lowest BCUT2D eigenvalue weighted by Gasteiger charge is -2.17. The average Bonchev–Trinajstić information content (AvgIpc) is 2.53. The molecule has 2 aromatic rings. The van der Waals surface area contributed by atoms with E-state index in [9.17, 15) is 9.18 Å². The third-order valence-corrected chi connectivity index (χ3v) is 3.28. The number of amides is 1. The number of hydrogen-bond acceptors (Lipinski definition) is 5. The number of carbonyl (C=O) groups is 1. The van der Waals surface area contributed by atoms with Crippen LogP contribution in [0.1, 0.15) is 25.2 Å². The minimum atomic E-state index is -0.882. The number of ether oxygens (including phenoxy) is 2. The number of nitrogens with zero attached hydrogens (tertiary/aromatic N) is 2. The van der Waals surface area contributed by atoms with Crippen LogP contribution in [0.5, 0.6) is 11.8 Å². The zero-order valence-corrected chi connectivity index (χ0v) is 14.1. The molecule has 0 fully saturated rings. The van der Waals surface area contributed by atoms with Crippen molar-refractivity contribution in [2.75, 3.05) is 11.9 Å². The summed E-state index contributed by atoms with van der Waals surface area (Å²) < 4.78 is 24.2. The summed E-state index contributed by atoms with van der Waals surface area (Å²) >= 11 is 0. The highest BCUT2D eigenvalue weighted by Crippen LogP contribution is 2.21. The predicted octanol–water partition coefficient (Wildman–Crippen LogP) is 3.04. The molecule has 0 saturated carbocycles. The summed E-state index contributed by atoms with van der Waals surface area (Å²) in [6.45, 7) is 7.33. The molecule has 1 N–H and O–H groups in total. The van der Waals surface area contributed by atoms with Gasteiger partial charge in [0.05, 0.1) is 23.7 Å². The SMILES string of the molecule is CCOc1nc(C)c(NC(=O)C(C)Oc2ccccc2F)c(C)n1. The van der Waals surface area contributed by atoms with E-state index in [0.717, 1.165) is 0 Å². The molecule has 24 heavy (non-hydrogen) atoms. The van der Waals surface area contributed by atoms with Crippen molar-refractivity contribution in [1.82, 2.24) is 9.97 Å². The smallest absolute Gasteiger partial charge is 0.316 e. The summed E-state index contributed by atoms with van der Waals surface area (Å²) in [4.78, 5) is 20.7. The summed E-state index contributed by atoms with van der Waals surface area (Å²) in [7, 11) is 0. The van der Waals surface area contributed by atoms with Crippen molar-refractivity contribution in [2.24, 2.45) is 0 Å². The molecule has 6 nitrogen and oxygen atoms in total. The molecule has 2 rings (SSSR count). The first-order valence-corrected chi connectivity index (χ1v) is 7.62. The predicted molar refractivity (Wildman–Crippen MR) is 87.8 cm³/mol. The molecule has 0 spiro atoms. The van der Waals surface area contributed by atoms with Crippen molar-refractivity contribution in [1.29, 1.82) is 0 Å². The van der Waals surface area contributed by atoms with Crippen LogP contribution in [-0.4, -0.2) is 28.6 Å². The second-order valence-electron chi connectivity index (χ2n) is 5.16. The van der Waals surface area contributed by atoms with Crippen LogP contribution in [0.2, 0.25) is 0 Å². The number of nitrogens with one attached hydrogen (secondary N) is 1.